The molecule has 0 fully saturated rings. The first-order chi connectivity index (χ1) is 11.8. The number of ketones is 1. The minimum atomic E-state index is -0.827. The molecule has 5 nitrogen and oxygen atoms in total. The zero-order valence-electron chi connectivity index (χ0n) is 16.4. The molecule has 142 valence electrons. The monoisotopic (exact) mass is 351 g/mol. The van der Waals surface area contributed by atoms with Crippen LogP contribution < -0.4 is 0 Å². The van der Waals surface area contributed by atoms with Gasteiger partial charge >= 0.3 is 5.97 Å². The van der Waals surface area contributed by atoms with Crippen LogP contribution in [0.2, 0.25) is 0 Å². The molecule has 0 heterocycles. The van der Waals surface area contributed by atoms with Crippen LogP contribution in [0.5, 0.6) is 0 Å². The standard InChI is InChI=1S/C20H33NO4/c1-6-8-9-10-11-12-21-14(7-2)16-15(22)13-20(3,4)17(18(16)23)19(24)25-5/h17,23H,6-13H2,1-5H3/t17-/m1/s1. The Bertz CT molecular complexity index is 546. The molecule has 0 spiro atoms. The van der Waals surface area contributed by atoms with Gasteiger partial charge < -0.3 is 9.84 Å². The molecule has 1 N–H and O–H groups in total. The fourth-order valence-electron chi connectivity index (χ4n) is 3.42. The summed E-state index contributed by atoms with van der Waals surface area (Å²) in [5.74, 6) is -1.66. The van der Waals surface area contributed by atoms with Gasteiger partial charge in [0.1, 0.15) is 11.7 Å². The van der Waals surface area contributed by atoms with E-state index in [1.54, 1.807) is 13.8 Å². The quantitative estimate of drug-likeness (QED) is 0.379. The van der Waals surface area contributed by atoms with Gasteiger partial charge in [-0.1, -0.05) is 53.4 Å². The second-order valence-corrected chi connectivity index (χ2v) is 7.40. The highest BCUT2D eigenvalue weighted by atomic mass is 16.5. The average Bonchev–Trinajstić information content (AvgIpc) is 2.54. The number of aliphatic imine (C=N–C) groups is 1. The smallest absolute Gasteiger partial charge is 0.316 e. The summed E-state index contributed by atoms with van der Waals surface area (Å²) in [6.07, 6.45) is 6.45. The summed E-state index contributed by atoms with van der Waals surface area (Å²) >= 11 is 0. The molecule has 0 saturated heterocycles. The maximum absolute atomic E-state index is 12.6. The molecular weight excluding hydrogens is 318 g/mol. The van der Waals surface area contributed by atoms with Crippen molar-refractivity contribution >= 4 is 17.5 Å². The number of nitrogens with zero attached hydrogens (tertiary/aromatic N) is 1. The van der Waals surface area contributed by atoms with Crippen LogP contribution in [-0.2, 0) is 14.3 Å². The molecule has 0 amide bonds. The number of allylic oxidation sites excluding steroid dienone is 1. The van der Waals surface area contributed by atoms with Crippen LogP contribution in [0.4, 0.5) is 0 Å². The van der Waals surface area contributed by atoms with Gasteiger partial charge in [0.25, 0.3) is 0 Å². The Labute approximate surface area is 151 Å². The van der Waals surface area contributed by atoms with Crippen molar-refractivity contribution in [2.45, 2.75) is 72.6 Å². The van der Waals surface area contributed by atoms with Gasteiger partial charge in [-0.3, -0.25) is 14.6 Å². The molecule has 0 aromatic carbocycles. The maximum Gasteiger partial charge on any atom is 0.316 e. The van der Waals surface area contributed by atoms with Gasteiger partial charge in [0.15, 0.2) is 5.78 Å². The molecule has 0 radical (unpaired) electrons. The topological polar surface area (TPSA) is 76.0 Å². The summed E-state index contributed by atoms with van der Waals surface area (Å²) in [5.41, 5.74) is 0.157. The van der Waals surface area contributed by atoms with E-state index in [0.29, 0.717) is 18.7 Å². The van der Waals surface area contributed by atoms with E-state index in [1.165, 1.54) is 26.4 Å². The summed E-state index contributed by atoms with van der Waals surface area (Å²) < 4.78 is 4.84. The molecule has 1 aliphatic carbocycles. The van der Waals surface area contributed by atoms with Crippen molar-refractivity contribution < 1.29 is 19.4 Å². The fourth-order valence-corrected chi connectivity index (χ4v) is 3.42. The van der Waals surface area contributed by atoms with Crippen molar-refractivity contribution in [2.24, 2.45) is 16.3 Å². The molecule has 0 aromatic heterocycles. The Balaban J connectivity index is 3.03. The largest absolute Gasteiger partial charge is 0.511 e. The molecule has 25 heavy (non-hydrogen) atoms. The van der Waals surface area contributed by atoms with Crippen molar-refractivity contribution in [1.82, 2.24) is 0 Å². The van der Waals surface area contributed by atoms with Crippen LogP contribution in [0.15, 0.2) is 16.3 Å². The van der Waals surface area contributed by atoms with Crippen LogP contribution in [0.3, 0.4) is 0 Å². The molecule has 5 heteroatoms. The molecule has 0 bridgehead atoms. The number of rotatable bonds is 9. The van der Waals surface area contributed by atoms with E-state index in [2.05, 4.69) is 11.9 Å². The van der Waals surface area contributed by atoms with Gasteiger partial charge in [0.2, 0.25) is 0 Å². The van der Waals surface area contributed by atoms with Gasteiger partial charge in [0.05, 0.1) is 12.7 Å². The lowest BCUT2D eigenvalue weighted by molar-refractivity contribution is -0.150. The predicted octanol–water partition coefficient (Wildman–Crippen LogP) is 4.41. The molecule has 1 aliphatic rings. The van der Waals surface area contributed by atoms with Crippen LogP contribution >= 0.6 is 0 Å². The van der Waals surface area contributed by atoms with E-state index in [1.807, 2.05) is 6.92 Å². The maximum atomic E-state index is 12.6. The third-order valence-corrected chi connectivity index (χ3v) is 4.83. The molecule has 1 atom stereocenters. The second kappa shape index (κ2) is 9.73. The summed E-state index contributed by atoms with van der Waals surface area (Å²) in [6, 6.07) is 0. The van der Waals surface area contributed by atoms with E-state index in [4.69, 9.17) is 4.74 Å². The highest BCUT2D eigenvalue weighted by Gasteiger charge is 2.47. The highest BCUT2D eigenvalue weighted by Crippen LogP contribution is 2.42. The predicted molar refractivity (Wildman–Crippen MR) is 99.9 cm³/mol. The zero-order chi connectivity index (χ0) is 19.0. The van der Waals surface area contributed by atoms with Gasteiger partial charge in [-0.2, -0.15) is 0 Å². The summed E-state index contributed by atoms with van der Waals surface area (Å²) in [7, 11) is 1.30. The van der Waals surface area contributed by atoms with E-state index in [9.17, 15) is 14.7 Å². The Kier molecular flexibility index (Phi) is 8.33. The Morgan fingerprint density at radius 3 is 2.44 bits per heavy atom. The van der Waals surface area contributed by atoms with Crippen molar-refractivity contribution in [3.63, 3.8) is 0 Å². The van der Waals surface area contributed by atoms with E-state index in [-0.39, 0.29) is 23.5 Å². The molecule has 1 rings (SSSR count). The minimum absolute atomic E-state index is 0.144. The fraction of sp³-hybridized carbons (Fsp3) is 0.750. The van der Waals surface area contributed by atoms with Crippen molar-refractivity contribution in [3.05, 3.63) is 11.3 Å². The molecule has 0 unspecified atom stereocenters. The third kappa shape index (κ3) is 5.41. The normalized spacial score (nSPS) is 20.8. The number of hydrogen-bond acceptors (Lipinski definition) is 5. The van der Waals surface area contributed by atoms with Crippen molar-refractivity contribution in [2.75, 3.05) is 13.7 Å². The number of methoxy groups -OCH3 is 1. The zero-order valence-corrected chi connectivity index (χ0v) is 16.4. The number of hydrogen-bond donors (Lipinski definition) is 1. The Morgan fingerprint density at radius 2 is 1.88 bits per heavy atom. The SMILES string of the molecule is CCCCCCCN=C(CC)C1=C(O)[C@H](C(=O)OC)C(C)(C)CC1=O. The number of aliphatic hydroxyl groups is 1. The minimum Gasteiger partial charge on any atom is -0.511 e. The first kappa shape index (κ1) is 21.4. The van der Waals surface area contributed by atoms with E-state index >= 15 is 0 Å². The number of aliphatic hydroxyl groups excluding tert-OH is 1. The lowest BCUT2D eigenvalue weighted by Crippen LogP contribution is -2.41. The summed E-state index contributed by atoms with van der Waals surface area (Å²) in [6.45, 7) is 8.34. The van der Waals surface area contributed by atoms with Gasteiger partial charge in [-0.05, 0) is 18.3 Å². The number of Topliss-reactive ketones (excluding diaryl/α,β-unsaturated/α-hetero) is 1. The summed E-state index contributed by atoms with van der Waals surface area (Å²) in [4.78, 5) is 29.3. The average molecular weight is 351 g/mol. The second-order valence-electron chi connectivity index (χ2n) is 7.40. The van der Waals surface area contributed by atoms with E-state index < -0.39 is 17.3 Å². The number of carbonyl (C=O) groups excluding carboxylic acids is 2. The Morgan fingerprint density at radius 1 is 1.24 bits per heavy atom. The summed E-state index contributed by atoms with van der Waals surface area (Å²) in [5, 5.41) is 10.7. The lowest BCUT2D eigenvalue weighted by Gasteiger charge is -2.36. The van der Waals surface area contributed by atoms with Gasteiger partial charge in [0, 0.05) is 18.7 Å². The van der Waals surface area contributed by atoms with Crippen LogP contribution in [0.25, 0.3) is 0 Å². The Hall–Kier alpha value is -1.65. The molecule has 0 saturated carbocycles. The highest BCUT2D eigenvalue weighted by molar-refractivity contribution is 6.23. The van der Waals surface area contributed by atoms with Crippen LogP contribution in [0.1, 0.15) is 72.6 Å². The number of ether oxygens (including phenoxy) is 1. The van der Waals surface area contributed by atoms with Crippen LogP contribution in [-0.4, -0.2) is 36.2 Å². The van der Waals surface area contributed by atoms with E-state index in [0.717, 1.165) is 12.8 Å². The first-order valence-corrected chi connectivity index (χ1v) is 9.37. The van der Waals surface area contributed by atoms with Gasteiger partial charge in [-0.15, -0.1) is 0 Å². The number of esters is 1. The molecular formula is C20H33NO4. The first-order valence-electron chi connectivity index (χ1n) is 9.37. The third-order valence-electron chi connectivity index (χ3n) is 4.83. The number of unbranched alkanes of at least 4 members (excludes halogenated alkanes) is 4. The van der Waals surface area contributed by atoms with Gasteiger partial charge in [-0.25, -0.2) is 0 Å². The molecule has 0 aromatic rings. The van der Waals surface area contributed by atoms with Crippen molar-refractivity contribution in [1.29, 1.82) is 0 Å². The lowest BCUT2D eigenvalue weighted by atomic mass is 9.67. The van der Waals surface area contributed by atoms with Crippen molar-refractivity contribution in [3.8, 4) is 0 Å². The molecule has 0 aliphatic heterocycles. The number of carbonyl (C=O) groups is 2. The van der Waals surface area contributed by atoms with Crippen LogP contribution in [0, 0.1) is 11.3 Å².